The molecule has 0 unspecified atom stereocenters. The van der Waals surface area contributed by atoms with E-state index in [0.29, 0.717) is 11.7 Å². The summed E-state index contributed by atoms with van der Waals surface area (Å²) in [5, 5.41) is 29.5. The minimum Gasteiger partial charge on any atom is -0.388 e. The number of hydrogen-bond donors (Lipinski definition) is 3. The lowest BCUT2D eigenvalue weighted by molar-refractivity contribution is -0.0370. The van der Waals surface area contributed by atoms with Gasteiger partial charge in [0.1, 0.15) is 30.0 Å². The normalized spacial score (nSPS) is 28.0. The first-order valence-electron chi connectivity index (χ1n) is 9.20. The number of nitrogens with one attached hydrogen (secondary N) is 1. The van der Waals surface area contributed by atoms with Gasteiger partial charge in [-0.25, -0.2) is 14.6 Å². The van der Waals surface area contributed by atoms with Crippen molar-refractivity contribution in [2.75, 3.05) is 5.32 Å². The fourth-order valence-electron chi connectivity index (χ4n) is 3.51. The van der Waals surface area contributed by atoms with Crippen LogP contribution in [0.15, 0.2) is 36.7 Å². The fourth-order valence-corrected chi connectivity index (χ4v) is 3.51. The number of rotatable bonds is 4. The topological polar surface area (TPSA) is 105 Å². The quantitative estimate of drug-likeness (QED) is 0.645. The molecule has 3 aromatic rings. The van der Waals surface area contributed by atoms with Crippen LogP contribution in [0.5, 0.6) is 0 Å². The highest BCUT2D eigenvalue weighted by Gasteiger charge is 2.43. The first-order valence-corrected chi connectivity index (χ1v) is 9.20. The summed E-state index contributed by atoms with van der Waals surface area (Å²) in [6.07, 6.45) is 0.375. The van der Waals surface area contributed by atoms with E-state index in [1.54, 1.807) is 11.6 Å². The van der Waals surface area contributed by atoms with Crippen LogP contribution in [0.1, 0.15) is 26.0 Å². The largest absolute Gasteiger partial charge is 0.388 e. The number of fused-ring (bicyclic) bond motifs is 1. The van der Waals surface area contributed by atoms with Crippen molar-refractivity contribution in [2.45, 2.75) is 50.3 Å². The maximum absolute atomic E-state index is 10.5. The Balaban J connectivity index is 1.70. The molecule has 2 aromatic heterocycles. The van der Waals surface area contributed by atoms with Crippen LogP contribution in [-0.4, -0.2) is 54.3 Å². The number of aliphatic hydroxyl groups excluding tert-OH is 2. The van der Waals surface area contributed by atoms with Gasteiger partial charge in [0.2, 0.25) is 0 Å². The summed E-state index contributed by atoms with van der Waals surface area (Å²) in [4.78, 5) is 8.86. The molecule has 2 fully saturated rings. The van der Waals surface area contributed by atoms with Gasteiger partial charge in [-0.05, 0) is 19.8 Å². The van der Waals surface area contributed by atoms with E-state index >= 15 is 0 Å². The summed E-state index contributed by atoms with van der Waals surface area (Å²) in [6.45, 7) is 1.73. The molecule has 1 aromatic carbocycles. The van der Waals surface area contributed by atoms with E-state index in [4.69, 9.17) is 9.84 Å². The molecule has 8 heteroatoms. The Bertz CT molecular complexity index is 972. The Labute approximate surface area is 155 Å². The van der Waals surface area contributed by atoms with Gasteiger partial charge in [-0.1, -0.05) is 30.3 Å². The van der Waals surface area contributed by atoms with Crippen LogP contribution >= 0.6 is 0 Å². The van der Waals surface area contributed by atoms with Crippen LogP contribution in [0.2, 0.25) is 0 Å². The van der Waals surface area contributed by atoms with Crippen LogP contribution < -0.4 is 5.32 Å². The monoisotopic (exact) mass is 367 g/mol. The van der Waals surface area contributed by atoms with Crippen molar-refractivity contribution in [1.29, 1.82) is 0 Å². The molecule has 1 aliphatic carbocycles. The van der Waals surface area contributed by atoms with Crippen molar-refractivity contribution < 1.29 is 14.9 Å². The first kappa shape index (κ1) is 16.6. The summed E-state index contributed by atoms with van der Waals surface area (Å²) >= 11 is 0. The molecule has 0 radical (unpaired) electrons. The van der Waals surface area contributed by atoms with Crippen molar-refractivity contribution in [1.82, 2.24) is 19.7 Å². The number of aliphatic hydroxyl groups is 2. The second-order valence-corrected chi connectivity index (χ2v) is 7.21. The molecule has 1 aliphatic heterocycles. The number of nitrogens with zero attached hydrogens (tertiary/aromatic N) is 4. The lowest BCUT2D eigenvalue weighted by Gasteiger charge is -2.15. The summed E-state index contributed by atoms with van der Waals surface area (Å²) in [5.41, 5.74) is 2.22. The predicted molar refractivity (Wildman–Crippen MR) is 99.0 cm³/mol. The number of benzene rings is 1. The van der Waals surface area contributed by atoms with Gasteiger partial charge in [-0.15, -0.1) is 0 Å². The molecule has 0 spiro atoms. The van der Waals surface area contributed by atoms with Crippen molar-refractivity contribution in [3.63, 3.8) is 0 Å². The number of hydrogen-bond acceptors (Lipinski definition) is 7. The van der Waals surface area contributed by atoms with Gasteiger partial charge in [0.15, 0.2) is 11.9 Å². The van der Waals surface area contributed by atoms with Crippen LogP contribution in [0, 0.1) is 0 Å². The molecule has 27 heavy (non-hydrogen) atoms. The minimum atomic E-state index is -1.08. The number of ether oxygens (including phenoxy) is 1. The Morgan fingerprint density at radius 1 is 1.11 bits per heavy atom. The lowest BCUT2D eigenvalue weighted by atomic mass is 10.1. The van der Waals surface area contributed by atoms with Crippen LogP contribution in [-0.2, 0) is 4.74 Å². The minimum absolute atomic E-state index is 0.422. The zero-order valence-electron chi connectivity index (χ0n) is 14.9. The van der Waals surface area contributed by atoms with Crippen molar-refractivity contribution in [3.05, 3.63) is 36.7 Å². The molecule has 140 valence electrons. The van der Waals surface area contributed by atoms with Crippen molar-refractivity contribution in [3.8, 4) is 11.3 Å². The number of aromatic nitrogens is 4. The van der Waals surface area contributed by atoms with E-state index in [-0.39, 0.29) is 0 Å². The van der Waals surface area contributed by atoms with Crippen LogP contribution in [0.3, 0.4) is 0 Å². The first-order chi connectivity index (χ1) is 13.1. The molecule has 8 nitrogen and oxygen atoms in total. The van der Waals surface area contributed by atoms with Gasteiger partial charge in [-0.2, -0.15) is 5.10 Å². The zero-order valence-corrected chi connectivity index (χ0v) is 14.9. The molecule has 2 aliphatic rings. The third-order valence-electron chi connectivity index (χ3n) is 5.17. The summed E-state index contributed by atoms with van der Waals surface area (Å²) in [7, 11) is 0. The highest BCUT2D eigenvalue weighted by Crippen LogP contribution is 2.37. The molecular formula is C19H21N5O3. The average Bonchev–Trinajstić information content (AvgIpc) is 3.37. The van der Waals surface area contributed by atoms with E-state index in [1.165, 1.54) is 6.33 Å². The van der Waals surface area contributed by atoms with Gasteiger partial charge in [0.25, 0.3) is 0 Å². The third kappa shape index (κ3) is 2.77. The summed E-state index contributed by atoms with van der Waals surface area (Å²) in [5.74, 6) is 0.730. The maximum atomic E-state index is 10.5. The molecule has 1 saturated heterocycles. The number of anilines is 1. The second-order valence-electron chi connectivity index (χ2n) is 7.21. The molecule has 4 atom stereocenters. The molecule has 3 heterocycles. The standard InChI is InChI=1S/C19H21N5O3/c1-10-15(25)16(26)19(27-10)24-18-13(14(23-24)11-5-3-2-4-6-11)17(20-9-21-18)22-12-7-8-12/h2-6,9-10,12,15-16,19,25-26H,7-8H2,1H3,(H,20,21,22)/t10-,15-,16-,19-/m1/s1. The van der Waals surface area contributed by atoms with E-state index in [9.17, 15) is 10.2 Å². The van der Waals surface area contributed by atoms with Gasteiger partial charge in [-0.3, -0.25) is 0 Å². The van der Waals surface area contributed by atoms with E-state index in [2.05, 4.69) is 15.3 Å². The second kappa shape index (κ2) is 6.26. The summed E-state index contributed by atoms with van der Waals surface area (Å²) < 4.78 is 7.35. The summed E-state index contributed by atoms with van der Waals surface area (Å²) in [6, 6.07) is 10.2. The molecule has 5 rings (SSSR count). The van der Waals surface area contributed by atoms with Gasteiger partial charge >= 0.3 is 0 Å². The highest BCUT2D eigenvalue weighted by atomic mass is 16.6. The van der Waals surface area contributed by atoms with E-state index in [1.807, 2.05) is 30.3 Å². The molecule has 0 amide bonds. The SMILES string of the molecule is C[C@H]1O[C@@H](n2nc(-c3ccccc3)c3c(NC4CC4)ncnc32)[C@H](O)[C@@H]1O. The fraction of sp³-hybridized carbons (Fsp3) is 0.421. The van der Waals surface area contributed by atoms with Crippen LogP contribution in [0.25, 0.3) is 22.3 Å². The Morgan fingerprint density at radius 2 is 1.89 bits per heavy atom. The van der Waals surface area contributed by atoms with E-state index in [0.717, 1.165) is 35.3 Å². The molecular weight excluding hydrogens is 346 g/mol. The van der Waals surface area contributed by atoms with E-state index < -0.39 is 24.5 Å². The smallest absolute Gasteiger partial charge is 0.181 e. The molecule has 3 N–H and O–H groups in total. The highest BCUT2D eigenvalue weighted by molar-refractivity contribution is 5.99. The third-order valence-corrected chi connectivity index (χ3v) is 5.17. The maximum Gasteiger partial charge on any atom is 0.181 e. The van der Waals surface area contributed by atoms with Crippen molar-refractivity contribution in [2.24, 2.45) is 0 Å². The van der Waals surface area contributed by atoms with Gasteiger partial charge in [0.05, 0.1) is 11.5 Å². The molecule has 0 bridgehead atoms. The Kier molecular flexibility index (Phi) is 3.85. The lowest BCUT2D eigenvalue weighted by Crippen LogP contribution is -2.30. The van der Waals surface area contributed by atoms with Crippen LogP contribution in [0.4, 0.5) is 5.82 Å². The Hall–Kier alpha value is -2.55. The predicted octanol–water partition coefficient (Wildman–Crippen LogP) is 1.71. The average molecular weight is 367 g/mol. The molecule has 1 saturated carbocycles. The zero-order chi connectivity index (χ0) is 18.5. The van der Waals surface area contributed by atoms with Gasteiger partial charge < -0.3 is 20.3 Å². The Morgan fingerprint density at radius 3 is 2.56 bits per heavy atom. The van der Waals surface area contributed by atoms with Gasteiger partial charge in [0, 0.05) is 11.6 Å². The van der Waals surface area contributed by atoms with Crippen molar-refractivity contribution >= 4 is 16.9 Å².